The Balaban J connectivity index is 1.78. The van der Waals surface area contributed by atoms with Gasteiger partial charge in [0, 0.05) is 5.75 Å². The topological polar surface area (TPSA) is 28.7 Å². The third kappa shape index (κ3) is 2.82. The van der Waals surface area contributed by atoms with Crippen molar-refractivity contribution in [2.75, 3.05) is 0 Å². The number of thioether (sulfide) groups is 1. The minimum absolute atomic E-state index is 0.945. The van der Waals surface area contributed by atoms with Crippen LogP contribution in [0.4, 0.5) is 0 Å². The van der Waals surface area contributed by atoms with Crippen LogP contribution in [0.25, 0.3) is 11.0 Å². The lowest BCUT2D eigenvalue weighted by Gasteiger charge is -2.00. The monoisotopic (exact) mass is 268 g/mol. The predicted octanol–water partition coefficient (Wildman–Crippen LogP) is 4.47. The van der Waals surface area contributed by atoms with Crippen molar-refractivity contribution in [1.29, 1.82) is 0 Å². The summed E-state index contributed by atoms with van der Waals surface area (Å²) >= 11 is 1.75. The van der Waals surface area contributed by atoms with Gasteiger partial charge in [-0.3, -0.25) is 0 Å². The maximum Gasteiger partial charge on any atom is 0.166 e. The summed E-state index contributed by atoms with van der Waals surface area (Å²) in [5.41, 5.74) is 6.05. The molecule has 1 heterocycles. The number of aromatic nitrogens is 2. The number of benzene rings is 2. The van der Waals surface area contributed by atoms with Crippen molar-refractivity contribution in [3.05, 3.63) is 59.2 Å². The first-order chi connectivity index (χ1) is 9.20. The number of fused-ring (bicyclic) bond motifs is 1. The zero-order chi connectivity index (χ0) is 13.2. The molecule has 1 aromatic heterocycles. The number of nitrogens with one attached hydrogen (secondary N) is 1. The third-order valence-corrected chi connectivity index (χ3v) is 4.02. The molecule has 0 amide bonds. The second-order valence-electron chi connectivity index (χ2n) is 4.84. The van der Waals surface area contributed by atoms with E-state index in [2.05, 4.69) is 66.3 Å². The molecule has 19 heavy (non-hydrogen) atoms. The van der Waals surface area contributed by atoms with Crippen LogP contribution in [0.2, 0.25) is 0 Å². The van der Waals surface area contributed by atoms with Crippen molar-refractivity contribution in [2.24, 2.45) is 0 Å². The van der Waals surface area contributed by atoms with Gasteiger partial charge >= 0.3 is 0 Å². The molecule has 0 unspecified atom stereocenters. The van der Waals surface area contributed by atoms with E-state index in [1.807, 2.05) is 0 Å². The van der Waals surface area contributed by atoms with Crippen molar-refractivity contribution in [2.45, 2.75) is 24.8 Å². The summed E-state index contributed by atoms with van der Waals surface area (Å²) in [5, 5.41) is 0.988. The molecule has 2 aromatic carbocycles. The Morgan fingerprint density at radius 3 is 2.74 bits per heavy atom. The quantitative estimate of drug-likeness (QED) is 0.710. The first kappa shape index (κ1) is 12.3. The number of aryl methyl sites for hydroxylation is 2. The Morgan fingerprint density at radius 1 is 1.05 bits per heavy atom. The van der Waals surface area contributed by atoms with Gasteiger partial charge in [-0.1, -0.05) is 47.7 Å². The van der Waals surface area contributed by atoms with Crippen LogP contribution >= 0.6 is 11.8 Å². The normalized spacial score (nSPS) is 11.1. The first-order valence-corrected chi connectivity index (χ1v) is 7.34. The first-order valence-electron chi connectivity index (χ1n) is 6.35. The lowest BCUT2D eigenvalue weighted by Crippen LogP contribution is -1.82. The lowest BCUT2D eigenvalue weighted by molar-refractivity contribution is 1.08. The van der Waals surface area contributed by atoms with E-state index in [1.54, 1.807) is 11.8 Å². The summed E-state index contributed by atoms with van der Waals surface area (Å²) in [7, 11) is 0. The zero-order valence-corrected chi connectivity index (χ0v) is 11.9. The maximum atomic E-state index is 4.60. The molecule has 3 rings (SSSR count). The van der Waals surface area contributed by atoms with Gasteiger partial charge in [-0.15, -0.1) is 0 Å². The number of nitrogens with zero attached hydrogens (tertiary/aromatic N) is 1. The summed E-state index contributed by atoms with van der Waals surface area (Å²) < 4.78 is 0. The molecule has 0 aliphatic heterocycles. The molecule has 96 valence electrons. The largest absolute Gasteiger partial charge is 0.333 e. The highest BCUT2D eigenvalue weighted by atomic mass is 32.2. The Hall–Kier alpha value is -1.74. The van der Waals surface area contributed by atoms with Gasteiger partial charge in [-0.2, -0.15) is 0 Å². The van der Waals surface area contributed by atoms with Crippen molar-refractivity contribution in [3.63, 3.8) is 0 Å². The average Bonchev–Trinajstić information content (AvgIpc) is 2.78. The Morgan fingerprint density at radius 2 is 1.89 bits per heavy atom. The molecule has 0 spiro atoms. The van der Waals surface area contributed by atoms with Gasteiger partial charge in [0.2, 0.25) is 0 Å². The molecule has 0 atom stereocenters. The molecule has 0 radical (unpaired) electrons. The van der Waals surface area contributed by atoms with Gasteiger partial charge in [0.1, 0.15) is 0 Å². The molecular weight excluding hydrogens is 252 g/mol. The van der Waals surface area contributed by atoms with Gasteiger partial charge in [-0.25, -0.2) is 4.98 Å². The van der Waals surface area contributed by atoms with Gasteiger partial charge < -0.3 is 4.98 Å². The Bertz CT molecular complexity index is 716. The van der Waals surface area contributed by atoms with Crippen LogP contribution in [0.5, 0.6) is 0 Å². The van der Waals surface area contributed by atoms with Gasteiger partial charge in [0.05, 0.1) is 11.0 Å². The average molecular weight is 268 g/mol. The smallest absolute Gasteiger partial charge is 0.166 e. The summed E-state index contributed by atoms with van der Waals surface area (Å²) in [6.45, 7) is 4.22. The van der Waals surface area contributed by atoms with Crippen LogP contribution in [0, 0.1) is 13.8 Å². The fourth-order valence-electron chi connectivity index (χ4n) is 2.12. The molecule has 0 saturated heterocycles. The summed E-state index contributed by atoms with van der Waals surface area (Å²) in [6.07, 6.45) is 0. The van der Waals surface area contributed by atoms with Gasteiger partial charge in [-0.05, 0) is 37.1 Å². The molecule has 0 fully saturated rings. The van der Waals surface area contributed by atoms with Crippen molar-refractivity contribution < 1.29 is 0 Å². The number of imidazole rings is 1. The van der Waals surface area contributed by atoms with E-state index >= 15 is 0 Å². The molecule has 3 aromatic rings. The predicted molar refractivity (Wildman–Crippen MR) is 81.6 cm³/mol. The number of hydrogen-bond donors (Lipinski definition) is 1. The number of aromatic amines is 1. The minimum Gasteiger partial charge on any atom is -0.333 e. The summed E-state index contributed by atoms with van der Waals surface area (Å²) in [5.74, 6) is 0.945. The van der Waals surface area contributed by atoms with E-state index in [-0.39, 0.29) is 0 Å². The molecule has 3 heteroatoms. The highest BCUT2D eigenvalue weighted by Crippen LogP contribution is 2.23. The van der Waals surface area contributed by atoms with Crippen LogP contribution in [0.3, 0.4) is 0 Å². The van der Waals surface area contributed by atoms with Crippen molar-refractivity contribution in [3.8, 4) is 0 Å². The fourth-order valence-corrected chi connectivity index (χ4v) is 2.95. The second-order valence-corrected chi connectivity index (χ2v) is 5.80. The van der Waals surface area contributed by atoms with E-state index < -0.39 is 0 Å². The maximum absolute atomic E-state index is 4.60. The molecule has 0 saturated carbocycles. The van der Waals surface area contributed by atoms with Crippen LogP contribution < -0.4 is 0 Å². The highest BCUT2D eigenvalue weighted by Gasteiger charge is 2.04. The highest BCUT2D eigenvalue weighted by molar-refractivity contribution is 7.98. The lowest BCUT2D eigenvalue weighted by atomic mass is 10.2. The standard InChI is InChI=1S/C16H16N2S/c1-11-4-3-5-13(8-11)10-19-16-17-14-7-6-12(2)9-15(14)18-16/h3-9H,10H2,1-2H3,(H,17,18). The number of hydrogen-bond acceptors (Lipinski definition) is 2. The molecule has 0 aliphatic rings. The third-order valence-electron chi connectivity index (χ3n) is 3.07. The second kappa shape index (κ2) is 5.10. The van der Waals surface area contributed by atoms with E-state index in [1.165, 1.54) is 16.7 Å². The molecule has 0 aliphatic carbocycles. The molecule has 2 nitrogen and oxygen atoms in total. The number of H-pyrrole nitrogens is 1. The van der Waals surface area contributed by atoms with E-state index in [0.29, 0.717) is 0 Å². The number of rotatable bonds is 3. The van der Waals surface area contributed by atoms with Crippen molar-refractivity contribution >= 4 is 22.8 Å². The van der Waals surface area contributed by atoms with Gasteiger partial charge in [0.25, 0.3) is 0 Å². The zero-order valence-electron chi connectivity index (χ0n) is 11.1. The van der Waals surface area contributed by atoms with E-state index in [4.69, 9.17) is 0 Å². The van der Waals surface area contributed by atoms with E-state index in [9.17, 15) is 0 Å². The van der Waals surface area contributed by atoms with Crippen LogP contribution in [-0.2, 0) is 5.75 Å². The molecule has 0 bridgehead atoms. The van der Waals surface area contributed by atoms with E-state index in [0.717, 1.165) is 21.9 Å². The van der Waals surface area contributed by atoms with Gasteiger partial charge in [0.15, 0.2) is 5.16 Å². The molecule has 1 N–H and O–H groups in total. The van der Waals surface area contributed by atoms with Crippen molar-refractivity contribution in [1.82, 2.24) is 9.97 Å². The SMILES string of the molecule is Cc1cccc(CSc2nc3ccc(C)cc3[nH]2)c1. The summed E-state index contributed by atoms with van der Waals surface area (Å²) in [4.78, 5) is 7.97. The minimum atomic E-state index is 0.945. The summed E-state index contributed by atoms with van der Waals surface area (Å²) in [6, 6.07) is 14.9. The Labute approximate surface area is 117 Å². The molecular formula is C16H16N2S. The Kier molecular flexibility index (Phi) is 3.30. The van der Waals surface area contributed by atoms with Crippen LogP contribution in [0.15, 0.2) is 47.6 Å². The van der Waals surface area contributed by atoms with Crippen LogP contribution in [0.1, 0.15) is 16.7 Å². The van der Waals surface area contributed by atoms with Crippen LogP contribution in [-0.4, -0.2) is 9.97 Å². The fraction of sp³-hybridized carbons (Fsp3) is 0.188.